The molecule has 0 aliphatic heterocycles. The molecule has 1 rings (SSSR count). The Morgan fingerprint density at radius 3 is 2.71 bits per heavy atom. The second-order valence-electron chi connectivity index (χ2n) is 2.76. The minimum absolute atomic E-state index is 0.0553. The Bertz CT molecular complexity index is 366. The van der Waals surface area contributed by atoms with Crippen LogP contribution in [0.2, 0.25) is 0 Å². The molecule has 0 spiro atoms. The van der Waals surface area contributed by atoms with Crippen LogP contribution in [0.3, 0.4) is 0 Å². The van der Waals surface area contributed by atoms with Crippen LogP contribution in [0.4, 0.5) is 8.78 Å². The van der Waals surface area contributed by atoms with Gasteiger partial charge in [-0.05, 0) is 18.1 Å². The normalized spacial score (nSPS) is 9.57. The van der Waals surface area contributed by atoms with Crippen LogP contribution in [-0.4, -0.2) is 7.11 Å². The zero-order valence-electron chi connectivity index (χ0n) is 7.81. The summed E-state index contributed by atoms with van der Waals surface area (Å²) in [5.41, 5.74) is 0.587. The molecule has 74 valence electrons. The molecule has 0 unspecified atom stereocenters. The average Bonchev–Trinajstić information content (AvgIpc) is 2.20. The highest BCUT2D eigenvalue weighted by atomic mass is 19.2. The first-order valence-corrected chi connectivity index (χ1v) is 4.15. The van der Waals surface area contributed by atoms with Gasteiger partial charge in [-0.1, -0.05) is 6.07 Å². The van der Waals surface area contributed by atoms with Gasteiger partial charge in [-0.25, -0.2) is 4.39 Å². The van der Waals surface area contributed by atoms with E-state index in [2.05, 4.69) is 5.92 Å². The molecule has 0 radical (unpaired) electrons. The molecule has 0 aromatic heterocycles. The van der Waals surface area contributed by atoms with E-state index >= 15 is 0 Å². The molecule has 3 heteroatoms. The number of terminal acetylenes is 1. The summed E-state index contributed by atoms with van der Waals surface area (Å²) in [5.74, 6) is 0.507. The molecule has 1 nitrogen and oxygen atoms in total. The molecule has 0 N–H and O–H groups in total. The fourth-order valence-corrected chi connectivity index (χ4v) is 1.20. The fourth-order valence-electron chi connectivity index (χ4n) is 1.20. The number of benzene rings is 1. The first kappa shape index (κ1) is 10.5. The van der Waals surface area contributed by atoms with Crippen molar-refractivity contribution in [3.8, 4) is 18.1 Å². The van der Waals surface area contributed by atoms with Gasteiger partial charge in [0.05, 0.1) is 7.11 Å². The van der Waals surface area contributed by atoms with Gasteiger partial charge >= 0.3 is 0 Å². The van der Waals surface area contributed by atoms with Gasteiger partial charge in [0.2, 0.25) is 5.82 Å². The highest BCUT2D eigenvalue weighted by Crippen LogP contribution is 2.25. The summed E-state index contributed by atoms with van der Waals surface area (Å²) in [5, 5.41) is 0. The zero-order valence-corrected chi connectivity index (χ0v) is 7.81. The van der Waals surface area contributed by atoms with E-state index in [4.69, 9.17) is 11.2 Å². The first-order chi connectivity index (χ1) is 6.70. The Morgan fingerprint density at radius 2 is 2.14 bits per heavy atom. The van der Waals surface area contributed by atoms with Crippen molar-refractivity contribution in [1.29, 1.82) is 0 Å². The number of hydrogen-bond donors (Lipinski definition) is 0. The quantitative estimate of drug-likeness (QED) is 0.675. The second kappa shape index (κ2) is 4.61. The highest BCUT2D eigenvalue weighted by molar-refractivity contribution is 5.36. The summed E-state index contributed by atoms with van der Waals surface area (Å²) >= 11 is 0. The van der Waals surface area contributed by atoms with Crippen molar-refractivity contribution < 1.29 is 13.5 Å². The van der Waals surface area contributed by atoms with E-state index in [1.165, 1.54) is 13.2 Å². The van der Waals surface area contributed by atoms with E-state index in [1.807, 2.05) is 0 Å². The summed E-state index contributed by atoms with van der Waals surface area (Å²) in [7, 11) is 1.30. The summed E-state index contributed by atoms with van der Waals surface area (Å²) in [6.45, 7) is 0. The third-order valence-electron chi connectivity index (χ3n) is 1.87. The number of hydrogen-bond acceptors (Lipinski definition) is 1. The van der Waals surface area contributed by atoms with Gasteiger partial charge in [0, 0.05) is 6.42 Å². The topological polar surface area (TPSA) is 9.23 Å². The summed E-state index contributed by atoms with van der Waals surface area (Å²) in [4.78, 5) is 0. The molecule has 0 saturated heterocycles. The Balaban J connectivity index is 3.05. The van der Waals surface area contributed by atoms with Crippen molar-refractivity contribution in [2.24, 2.45) is 0 Å². The monoisotopic (exact) mass is 196 g/mol. The molecule has 14 heavy (non-hydrogen) atoms. The molecule has 1 aromatic carbocycles. The number of halogens is 2. The Kier molecular flexibility index (Phi) is 3.47. The smallest absolute Gasteiger partial charge is 0.200 e. The van der Waals surface area contributed by atoms with Gasteiger partial charge in [-0.3, -0.25) is 0 Å². The van der Waals surface area contributed by atoms with Gasteiger partial charge in [-0.15, -0.1) is 12.3 Å². The maximum atomic E-state index is 13.1. The standard InChI is InChI=1S/C11H10F2O/c1-3-4-5-8-6-7-9(12)10(13)11(8)14-2/h1,6-7H,4-5H2,2H3. The third-order valence-corrected chi connectivity index (χ3v) is 1.87. The van der Waals surface area contributed by atoms with Crippen LogP contribution in [0.15, 0.2) is 12.1 Å². The van der Waals surface area contributed by atoms with Gasteiger partial charge < -0.3 is 4.74 Å². The number of ether oxygens (including phenoxy) is 1. The molecule has 0 atom stereocenters. The Morgan fingerprint density at radius 1 is 1.43 bits per heavy atom. The predicted molar refractivity (Wildman–Crippen MR) is 50.1 cm³/mol. The molecule has 0 fully saturated rings. The molecular weight excluding hydrogens is 186 g/mol. The lowest BCUT2D eigenvalue weighted by molar-refractivity contribution is 0.367. The van der Waals surface area contributed by atoms with Crippen LogP contribution >= 0.6 is 0 Å². The van der Waals surface area contributed by atoms with E-state index < -0.39 is 11.6 Å². The molecule has 0 saturated carbocycles. The molecule has 0 amide bonds. The Labute approximate surface area is 81.7 Å². The van der Waals surface area contributed by atoms with Crippen molar-refractivity contribution in [1.82, 2.24) is 0 Å². The largest absolute Gasteiger partial charge is 0.493 e. The van der Waals surface area contributed by atoms with Crippen molar-refractivity contribution in [2.45, 2.75) is 12.8 Å². The average molecular weight is 196 g/mol. The fraction of sp³-hybridized carbons (Fsp3) is 0.273. The van der Waals surface area contributed by atoms with Crippen LogP contribution in [0.5, 0.6) is 5.75 Å². The number of rotatable bonds is 3. The van der Waals surface area contributed by atoms with Crippen molar-refractivity contribution in [3.63, 3.8) is 0 Å². The van der Waals surface area contributed by atoms with Gasteiger partial charge in [0.15, 0.2) is 11.6 Å². The lowest BCUT2D eigenvalue weighted by atomic mass is 10.1. The molecule has 0 bridgehead atoms. The molecule has 1 aromatic rings. The van der Waals surface area contributed by atoms with Crippen molar-refractivity contribution in [3.05, 3.63) is 29.3 Å². The van der Waals surface area contributed by atoms with Gasteiger partial charge in [-0.2, -0.15) is 4.39 Å². The zero-order chi connectivity index (χ0) is 10.6. The number of methoxy groups -OCH3 is 1. The van der Waals surface area contributed by atoms with Crippen molar-refractivity contribution >= 4 is 0 Å². The maximum Gasteiger partial charge on any atom is 0.200 e. The van der Waals surface area contributed by atoms with E-state index in [0.29, 0.717) is 18.4 Å². The van der Waals surface area contributed by atoms with Crippen LogP contribution in [0.1, 0.15) is 12.0 Å². The highest BCUT2D eigenvalue weighted by Gasteiger charge is 2.13. The second-order valence-corrected chi connectivity index (χ2v) is 2.76. The third kappa shape index (κ3) is 2.02. The predicted octanol–water partition coefficient (Wildman–Crippen LogP) is 2.54. The molecular formula is C11H10F2O. The minimum atomic E-state index is -0.956. The maximum absolute atomic E-state index is 13.1. The SMILES string of the molecule is C#CCCc1ccc(F)c(F)c1OC. The summed E-state index contributed by atoms with van der Waals surface area (Å²) in [6.07, 6.45) is 6.03. The van der Waals surface area contributed by atoms with Crippen LogP contribution < -0.4 is 4.74 Å². The summed E-state index contributed by atoms with van der Waals surface area (Å²) < 4.78 is 30.7. The Hall–Kier alpha value is -1.56. The molecule has 0 aliphatic carbocycles. The van der Waals surface area contributed by atoms with E-state index in [1.54, 1.807) is 0 Å². The first-order valence-electron chi connectivity index (χ1n) is 4.15. The lowest BCUT2D eigenvalue weighted by Crippen LogP contribution is -1.98. The van der Waals surface area contributed by atoms with Gasteiger partial charge in [0.1, 0.15) is 0 Å². The number of aryl methyl sites for hydroxylation is 1. The van der Waals surface area contributed by atoms with E-state index in [0.717, 1.165) is 6.07 Å². The van der Waals surface area contributed by atoms with Crippen LogP contribution in [-0.2, 0) is 6.42 Å². The summed E-state index contributed by atoms with van der Waals surface area (Å²) in [6, 6.07) is 2.55. The minimum Gasteiger partial charge on any atom is -0.493 e. The molecule has 0 aliphatic rings. The van der Waals surface area contributed by atoms with E-state index in [-0.39, 0.29) is 5.75 Å². The lowest BCUT2D eigenvalue weighted by Gasteiger charge is -2.08. The van der Waals surface area contributed by atoms with Crippen LogP contribution in [0, 0.1) is 24.0 Å². The van der Waals surface area contributed by atoms with Crippen molar-refractivity contribution in [2.75, 3.05) is 7.11 Å². The van der Waals surface area contributed by atoms with Gasteiger partial charge in [0.25, 0.3) is 0 Å². The van der Waals surface area contributed by atoms with E-state index in [9.17, 15) is 8.78 Å². The molecule has 0 heterocycles. The van der Waals surface area contributed by atoms with Crippen LogP contribution in [0.25, 0.3) is 0 Å².